The third kappa shape index (κ3) is 2.29. The number of ether oxygens (including phenoxy) is 1. The summed E-state index contributed by atoms with van der Waals surface area (Å²) in [6.07, 6.45) is 0. The first-order valence-electron chi connectivity index (χ1n) is 7.20. The topological polar surface area (TPSA) is 39.4 Å². The maximum Gasteiger partial charge on any atom is 0.339 e. The number of hydrogen-bond acceptors (Lipinski definition) is 3. The van der Waals surface area contributed by atoms with E-state index >= 15 is 0 Å². The van der Waals surface area contributed by atoms with Gasteiger partial charge in [-0.15, -0.1) is 0 Å². The SMILES string of the molecule is COc1cc(-c2cccc(C)c2)cc2oc(=O)c(C)c(C)c12. The lowest BCUT2D eigenvalue weighted by atomic mass is 9.99. The average molecular weight is 294 g/mol. The predicted molar refractivity (Wildman–Crippen MR) is 88.7 cm³/mol. The molecule has 0 aliphatic carbocycles. The van der Waals surface area contributed by atoms with Crippen LogP contribution in [0.5, 0.6) is 5.75 Å². The molecule has 0 aliphatic rings. The summed E-state index contributed by atoms with van der Waals surface area (Å²) in [6, 6.07) is 12.1. The molecular weight excluding hydrogens is 276 g/mol. The van der Waals surface area contributed by atoms with Gasteiger partial charge in [0.05, 0.1) is 12.5 Å². The Morgan fingerprint density at radius 3 is 2.41 bits per heavy atom. The van der Waals surface area contributed by atoms with Crippen LogP contribution in [0.4, 0.5) is 0 Å². The van der Waals surface area contributed by atoms with Gasteiger partial charge in [0.25, 0.3) is 0 Å². The van der Waals surface area contributed by atoms with E-state index < -0.39 is 0 Å². The Morgan fingerprint density at radius 2 is 1.73 bits per heavy atom. The van der Waals surface area contributed by atoms with E-state index in [1.807, 2.05) is 31.2 Å². The Morgan fingerprint density at radius 1 is 0.955 bits per heavy atom. The van der Waals surface area contributed by atoms with Crippen LogP contribution in [0.3, 0.4) is 0 Å². The second kappa shape index (κ2) is 5.34. The standard InChI is InChI=1S/C19H18O3/c1-11-6-5-7-14(8-11)15-9-16(21-4)18-12(2)13(3)19(20)22-17(18)10-15/h5-10H,1-4H3. The summed E-state index contributed by atoms with van der Waals surface area (Å²) in [5, 5.41) is 0.857. The van der Waals surface area contributed by atoms with Gasteiger partial charge >= 0.3 is 5.63 Å². The summed E-state index contributed by atoms with van der Waals surface area (Å²) in [4.78, 5) is 11.9. The minimum atomic E-state index is -0.298. The fourth-order valence-electron chi connectivity index (χ4n) is 2.71. The van der Waals surface area contributed by atoms with E-state index in [4.69, 9.17) is 9.15 Å². The second-order valence-corrected chi connectivity index (χ2v) is 5.56. The van der Waals surface area contributed by atoms with Gasteiger partial charge in [0.15, 0.2) is 0 Å². The first kappa shape index (κ1) is 14.4. The van der Waals surface area contributed by atoms with Crippen molar-refractivity contribution in [1.29, 1.82) is 0 Å². The maximum atomic E-state index is 11.9. The molecule has 0 radical (unpaired) electrons. The molecular formula is C19H18O3. The highest BCUT2D eigenvalue weighted by molar-refractivity contribution is 5.91. The molecule has 1 aromatic heterocycles. The fourth-order valence-corrected chi connectivity index (χ4v) is 2.71. The van der Waals surface area contributed by atoms with Crippen LogP contribution < -0.4 is 10.4 Å². The van der Waals surface area contributed by atoms with E-state index in [1.54, 1.807) is 14.0 Å². The lowest BCUT2D eigenvalue weighted by Gasteiger charge is -2.12. The summed E-state index contributed by atoms with van der Waals surface area (Å²) < 4.78 is 11.0. The van der Waals surface area contributed by atoms with Crippen molar-refractivity contribution >= 4 is 11.0 Å². The van der Waals surface area contributed by atoms with E-state index in [2.05, 4.69) is 19.1 Å². The van der Waals surface area contributed by atoms with Crippen molar-refractivity contribution in [3.05, 3.63) is 63.5 Å². The normalized spacial score (nSPS) is 10.9. The number of aryl methyl sites for hydroxylation is 2. The van der Waals surface area contributed by atoms with Crippen molar-refractivity contribution in [2.45, 2.75) is 20.8 Å². The molecule has 0 spiro atoms. The Balaban J connectivity index is 2.36. The zero-order chi connectivity index (χ0) is 15.9. The smallest absolute Gasteiger partial charge is 0.339 e. The summed E-state index contributed by atoms with van der Waals surface area (Å²) >= 11 is 0. The molecule has 0 saturated heterocycles. The third-order valence-electron chi connectivity index (χ3n) is 4.08. The van der Waals surface area contributed by atoms with Gasteiger partial charge in [-0.1, -0.05) is 29.8 Å². The highest BCUT2D eigenvalue weighted by Gasteiger charge is 2.14. The van der Waals surface area contributed by atoms with Crippen molar-refractivity contribution < 1.29 is 9.15 Å². The van der Waals surface area contributed by atoms with Crippen molar-refractivity contribution in [1.82, 2.24) is 0 Å². The van der Waals surface area contributed by atoms with Gasteiger partial charge in [-0.25, -0.2) is 4.79 Å². The number of benzene rings is 2. The van der Waals surface area contributed by atoms with Gasteiger partial charge in [0, 0.05) is 5.56 Å². The average Bonchev–Trinajstić information content (AvgIpc) is 2.51. The predicted octanol–water partition coefficient (Wildman–Crippen LogP) is 4.39. The number of fused-ring (bicyclic) bond motifs is 1. The van der Waals surface area contributed by atoms with Crippen LogP contribution in [0, 0.1) is 20.8 Å². The lowest BCUT2D eigenvalue weighted by molar-refractivity contribution is 0.418. The first-order chi connectivity index (χ1) is 10.5. The van der Waals surface area contributed by atoms with Crippen molar-refractivity contribution in [2.24, 2.45) is 0 Å². The van der Waals surface area contributed by atoms with E-state index in [9.17, 15) is 4.79 Å². The summed E-state index contributed by atoms with van der Waals surface area (Å²) in [7, 11) is 1.63. The van der Waals surface area contributed by atoms with E-state index in [0.29, 0.717) is 11.1 Å². The molecule has 3 rings (SSSR count). The third-order valence-corrected chi connectivity index (χ3v) is 4.08. The zero-order valence-electron chi connectivity index (χ0n) is 13.2. The minimum absolute atomic E-state index is 0.298. The lowest BCUT2D eigenvalue weighted by Crippen LogP contribution is -2.06. The summed E-state index contributed by atoms with van der Waals surface area (Å²) in [5.41, 5.74) is 5.00. The maximum absolute atomic E-state index is 11.9. The molecule has 3 heteroatoms. The van der Waals surface area contributed by atoms with Crippen LogP contribution in [0.1, 0.15) is 16.7 Å². The highest BCUT2D eigenvalue weighted by Crippen LogP contribution is 2.34. The fraction of sp³-hybridized carbons (Fsp3) is 0.211. The van der Waals surface area contributed by atoms with Crippen LogP contribution in [0.25, 0.3) is 22.1 Å². The molecule has 0 bridgehead atoms. The van der Waals surface area contributed by atoms with Crippen molar-refractivity contribution in [2.75, 3.05) is 7.11 Å². The van der Waals surface area contributed by atoms with E-state index in [1.165, 1.54) is 5.56 Å². The Bertz CT molecular complexity index is 920. The van der Waals surface area contributed by atoms with Crippen LogP contribution in [-0.4, -0.2) is 7.11 Å². The molecule has 3 nitrogen and oxygen atoms in total. The second-order valence-electron chi connectivity index (χ2n) is 5.56. The van der Waals surface area contributed by atoms with Crippen molar-refractivity contribution in [3.63, 3.8) is 0 Å². The van der Waals surface area contributed by atoms with E-state index in [0.717, 1.165) is 27.8 Å². The van der Waals surface area contributed by atoms with Gasteiger partial charge < -0.3 is 9.15 Å². The zero-order valence-corrected chi connectivity index (χ0v) is 13.2. The van der Waals surface area contributed by atoms with Gasteiger partial charge in [-0.3, -0.25) is 0 Å². The van der Waals surface area contributed by atoms with E-state index in [-0.39, 0.29) is 5.63 Å². The molecule has 0 fully saturated rings. The van der Waals surface area contributed by atoms with Crippen LogP contribution in [0.2, 0.25) is 0 Å². The quantitative estimate of drug-likeness (QED) is 0.658. The molecule has 2 aromatic carbocycles. The molecule has 0 saturated carbocycles. The van der Waals surface area contributed by atoms with Gasteiger partial charge in [-0.05, 0) is 49.6 Å². The highest BCUT2D eigenvalue weighted by atomic mass is 16.5. The monoisotopic (exact) mass is 294 g/mol. The van der Waals surface area contributed by atoms with Crippen LogP contribution >= 0.6 is 0 Å². The molecule has 22 heavy (non-hydrogen) atoms. The Hall–Kier alpha value is -2.55. The van der Waals surface area contributed by atoms with Gasteiger partial charge in [0.1, 0.15) is 11.3 Å². The number of methoxy groups -OCH3 is 1. The largest absolute Gasteiger partial charge is 0.496 e. The van der Waals surface area contributed by atoms with Gasteiger partial charge in [0.2, 0.25) is 0 Å². The van der Waals surface area contributed by atoms with Crippen LogP contribution in [-0.2, 0) is 0 Å². The molecule has 0 amide bonds. The molecule has 0 atom stereocenters. The van der Waals surface area contributed by atoms with Crippen LogP contribution in [0.15, 0.2) is 45.6 Å². The molecule has 3 aromatic rings. The molecule has 0 unspecified atom stereocenters. The summed E-state index contributed by atoms with van der Waals surface area (Å²) in [5.74, 6) is 0.721. The van der Waals surface area contributed by atoms with Gasteiger partial charge in [-0.2, -0.15) is 0 Å². The molecule has 112 valence electrons. The Labute approximate surface area is 129 Å². The minimum Gasteiger partial charge on any atom is -0.496 e. The molecule has 1 heterocycles. The Kier molecular flexibility index (Phi) is 3.49. The summed E-state index contributed by atoms with van der Waals surface area (Å²) in [6.45, 7) is 5.74. The number of rotatable bonds is 2. The van der Waals surface area contributed by atoms with Crippen molar-refractivity contribution in [3.8, 4) is 16.9 Å². The molecule has 0 N–H and O–H groups in total. The first-order valence-corrected chi connectivity index (χ1v) is 7.20. The number of hydrogen-bond donors (Lipinski definition) is 0. The molecule has 0 aliphatic heterocycles.